The van der Waals surface area contributed by atoms with Crippen LogP contribution in [0.1, 0.15) is 6.42 Å². The van der Waals surface area contributed by atoms with Crippen molar-refractivity contribution in [3.05, 3.63) is 97.6 Å². The lowest BCUT2D eigenvalue weighted by atomic mass is 10.1. The summed E-state index contributed by atoms with van der Waals surface area (Å²) in [4.78, 5) is 2.33. The minimum Gasteiger partial charge on any atom is -0.492 e. The fourth-order valence-corrected chi connectivity index (χ4v) is 2.55. The number of benzene rings is 2. The molecule has 0 saturated heterocycles. The van der Waals surface area contributed by atoms with Gasteiger partial charge in [-0.15, -0.1) is 0 Å². The summed E-state index contributed by atoms with van der Waals surface area (Å²) in [6.45, 7) is 15.6. The van der Waals surface area contributed by atoms with Gasteiger partial charge in [-0.05, 0) is 41.8 Å². The molecule has 2 rings (SSSR count). The second-order valence-electron chi connectivity index (χ2n) is 6.25. The van der Waals surface area contributed by atoms with Crippen molar-refractivity contribution in [2.24, 2.45) is 0 Å². The Morgan fingerprint density at radius 2 is 1.26 bits per heavy atom. The van der Waals surface area contributed by atoms with Crippen LogP contribution in [0.4, 0.5) is 0 Å². The summed E-state index contributed by atoms with van der Waals surface area (Å²) < 4.78 is 11.7. The molecule has 3 heteroatoms. The lowest BCUT2D eigenvalue weighted by Crippen LogP contribution is -2.33. The first-order chi connectivity index (χ1) is 13.2. The Bertz CT molecular complexity index is 664. The van der Waals surface area contributed by atoms with E-state index in [2.05, 4.69) is 24.6 Å². The minimum absolute atomic E-state index is 0.629. The number of nitrogens with zero attached hydrogens (tertiary/aromatic N) is 1. The van der Waals surface area contributed by atoms with Crippen LogP contribution in [0, 0.1) is 0 Å². The fraction of sp³-hybridized carbons (Fsp3) is 0.250. The maximum Gasteiger partial charge on any atom is 0.119 e. The number of hydrogen-bond acceptors (Lipinski definition) is 3. The molecule has 0 radical (unpaired) electrons. The molecule has 0 bridgehead atoms. The van der Waals surface area contributed by atoms with Crippen LogP contribution in [0.2, 0.25) is 0 Å². The molecule has 0 aromatic heterocycles. The third-order valence-corrected chi connectivity index (χ3v) is 4.27. The van der Waals surface area contributed by atoms with Crippen LogP contribution in [0.3, 0.4) is 0 Å². The van der Waals surface area contributed by atoms with E-state index in [0.717, 1.165) is 48.7 Å². The normalized spacial score (nSPS) is 10.4. The molecule has 3 nitrogen and oxygen atoms in total. The standard InChI is InChI=1S/C24H29NO2/c1-4-21(2)22(3)15-16-25(17-19-26-23-11-7-5-8-12-23)18-20-27-24-13-9-6-10-14-24/h4-14H,1-3,15-20H2. The SMILES string of the molecule is C=CC(=C)C(=C)CCN(CCOc1ccccc1)CCOc1ccccc1. The highest BCUT2D eigenvalue weighted by atomic mass is 16.5. The summed E-state index contributed by atoms with van der Waals surface area (Å²) in [5, 5.41) is 0. The van der Waals surface area contributed by atoms with Crippen LogP contribution in [0.25, 0.3) is 0 Å². The maximum absolute atomic E-state index is 5.84. The molecule has 0 N–H and O–H groups in total. The summed E-state index contributed by atoms with van der Waals surface area (Å²) in [6, 6.07) is 19.8. The van der Waals surface area contributed by atoms with Gasteiger partial charge < -0.3 is 9.47 Å². The summed E-state index contributed by atoms with van der Waals surface area (Å²) in [6.07, 6.45) is 2.60. The predicted molar refractivity (Wildman–Crippen MR) is 113 cm³/mol. The van der Waals surface area contributed by atoms with Crippen molar-refractivity contribution in [2.75, 3.05) is 32.8 Å². The Balaban J connectivity index is 1.81. The largest absolute Gasteiger partial charge is 0.492 e. The molecule has 142 valence electrons. The molecule has 0 unspecified atom stereocenters. The van der Waals surface area contributed by atoms with Crippen molar-refractivity contribution < 1.29 is 9.47 Å². The monoisotopic (exact) mass is 363 g/mol. The molecule has 0 heterocycles. The topological polar surface area (TPSA) is 21.7 Å². The summed E-state index contributed by atoms with van der Waals surface area (Å²) >= 11 is 0. The molecule has 0 atom stereocenters. The van der Waals surface area contributed by atoms with Gasteiger partial charge in [0.15, 0.2) is 0 Å². The Labute approximate surface area is 163 Å². The van der Waals surface area contributed by atoms with Crippen molar-refractivity contribution in [1.82, 2.24) is 4.90 Å². The first-order valence-corrected chi connectivity index (χ1v) is 9.26. The molecule has 0 fully saturated rings. The zero-order chi connectivity index (χ0) is 19.3. The molecule has 2 aromatic carbocycles. The third-order valence-electron chi connectivity index (χ3n) is 4.27. The fourth-order valence-electron chi connectivity index (χ4n) is 2.55. The van der Waals surface area contributed by atoms with Gasteiger partial charge in [-0.1, -0.05) is 62.2 Å². The van der Waals surface area contributed by atoms with E-state index in [4.69, 9.17) is 9.47 Å². The maximum atomic E-state index is 5.84. The van der Waals surface area contributed by atoms with E-state index in [-0.39, 0.29) is 0 Å². The first kappa shape index (κ1) is 20.5. The second-order valence-corrected chi connectivity index (χ2v) is 6.25. The highest BCUT2D eigenvalue weighted by Crippen LogP contribution is 2.13. The highest BCUT2D eigenvalue weighted by molar-refractivity contribution is 5.33. The van der Waals surface area contributed by atoms with E-state index in [1.54, 1.807) is 6.08 Å². The summed E-state index contributed by atoms with van der Waals surface area (Å²) in [5.74, 6) is 1.78. The second kappa shape index (κ2) is 11.8. The average molecular weight is 364 g/mol. The molecular weight excluding hydrogens is 334 g/mol. The quantitative estimate of drug-likeness (QED) is 0.460. The van der Waals surface area contributed by atoms with E-state index in [0.29, 0.717) is 13.2 Å². The molecule has 0 amide bonds. The number of ether oxygens (including phenoxy) is 2. The van der Waals surface area contributed by atoms with Gasteiger partial charge in [0, 0.05) is 19.6 Å². The van der Waals surface area contributed by atoms with Crippen molar-refractivity contribution in [1.29, 1.82) is 0 Å². The van der Waals surface area contributed by atoms with Gasteiger partial charge in [0.1, 0.15) is 24.7 Å². The number of allylic oxidation sites excluding steroid dienone is 2. The van der Waals surface area contributed by atoms with Gasteiger partial charge in [0.25, 0.3) is 0 Å². The Morgan fingerprint density at radius 3 is 1.70 bits per heavy atom. The van der Waals surface area contributed by atoms with Gasteiger partial charge in [-0.3, -0.25) is 4.90 Å². The Morgan fingerprint density at radius 1 is 0.778 bits per heavy atom. The van der Waals surface area contributed by atoms with E-state index in [1.807, 2.05) is 60.7 Å². The van der Waals surface area contributed by atoms with Gasteiger partial charge >= 0.3 is 0 Å². The zero-order valence-electron chi connectivity index (χ0n) is 16.0. The van der Waals surface area contributed by atoms with Gasteiger partial charge in [0.2, 0.25) is 0 Å². The van der Waals surface area contributed by atoms with Gasteiger partial charge in [-0.25, -0.2) is 0 Å². The van der Waals surface area contributed by atoms with Crippen LogP contribution in [-0.2, 0) is 0 Å². The molecule has 0 aliphatic rings. The smallest absolute Gasteiger partial charge is 0.119 e. The molecule has 27 heavy (non-hydrogen) atoms. The number of para-hydroxylation sites is 2. The molecule has 0 spiro atoms. The van der Waals surface area contributed by atoms with E-state index in [1.165, 1.54) is 0 Å². The highest BCUT2D eigenvalue weighted by Gasteiger charge is 2.08. The van der Waals surface area contributed by atoms with Crippen LogP contribution in [0.15, 0.2) is 97.6 Å². The summed E-state index contributed by atoms with van der Waals surface area (Å²) in [7, 11) is 0. The minimum atomic E-state index is 0.629. The van der Waals surface area contributed by atoms with E-state index < -0.39 is 0 Å². The third kappa shape index (κ3) is 7.97. The zero-order valence-corrected chi connectivity index (χ0v) is 16.0. The van der Waals surface area contributed by atoms with Crippen molar-refractivity contribution >= 4 is 0 Å². The van der Waals surface area contributed by atoms with Crippen molar-refractivity contribution in [3.8, 4) is 11.5 Å². The number of hydrogen-bond donors (Lipinski definition) is 0. The first-order valence-electron chi connectivity index (χ1n) is 9.26. The molecular formula is C24H29NO2. The molecule has 0 saturated carbocycles. The van der Waals surface area contributed by atoms with Crippen LogP contribution >= 0.6 is 0 Å². The Kier molecular flexibility index (Phi) is 8.94. The molecule has 0 aliphatic heterocycles. The van der Waals surface area contributed by atoms with Gasteiger partial charge in [-0.2, -0.15) is 0 Å². The van der Waals surface area contributed by atoms with Crippen molar-refractivity contribution in [2.45, 2.75) is 6.42 Å². The van der Waals surface area contributed by atoms with Crippen LogP contribution in [-0.4, -0.2) is 37.7 Å². The molecule has 2 aromatic rings. The van der Waals surface area contributed by atoms with Gasteiger partial charge in [0.05, 0.1) is 0 Å². The lowest BCUT2D eigenvalue weighted by molar-refractivity contribution is 0.178. The molecule has 0 aliphatic carbocycles. The van der Waals surface area contributed by atoms with Crippen LogP contribution < -0.4 is 9.47 Å². The van der Waals surface area contributed by atoms with Crippen LogP contribution in [0.5, 0.6) is 11.5 Å². The predicted octanol–water partition coefficient (Wildman–Crippen LogP) is 5.13. The van der Waals surface area contributed by atoms with E-state index in [9.17, 15) is 0 Å². The number of rotatable bonds is 13. The average Bonchev–Trinajstić information content (AvgIpc) is 2.72. The Hall–Kier alpha value is -2.78. The summed E-state index contributed by atoms with van der Waals surface area (Å²) in [5.41, 5.74) is 1.92. The van der Waals surface area contributed by atoms with Crippen molar-refractivity contribution in [3.63, 3.8) is 0 Å². The lowest BCUT2D eigenvalue weighted by Gasteiger charge is -2.23. The van der Waals surface area contributed by atoms with E-state index >= 15 is 0 Å².